The molecular weight excluding hydrogens is 1360 g/mol. The molecule has 526 valence electrons. The number of allylic oxidation sites excluding steroid dienone is 7. The Kier molecular flexibility index (Phi) is 56.4. The zero-order valence-electron chi connectivity index (χ0n) is 58.4. The van der Waals surface area contributed by atoms with Gasteiger partial charge in [0.2, 0.25) is 0 Å². The standard InChI is InChI=1S/C27H32BrO2P.C18H15P.C16H28O2.C9H17BrO2.C7H14O.C7H12O/c28-31(24-16-8-5-9-17-24,25-18-10-6-11-19-25,26-20-12-7-13-21-26)23-15-4-2-1-3-14-22-27(29)30;1-4-10-16(11-5-1)19(17-12-6-2-7-13-17)18-14-8-3-9-15-18;1-2-3-4-5-6-7-8-9-10-11-12-13-14-15-16(17)18;10-8-6-4-2-1-3-5-7-9(11)12;2*1-2-3-4-5-6-7-8/h5-13,16-21H,1-4,14-15,22-23H2,(H,29,30);1-15H;4-5,7-8H,2-3,6,9-15H2,1H3,(H,17,18);1-8H2,(H,11,12);4-5,8H,2-3,6-7H2,1H3;4-5,7H,2-3,6H2,1H3/b;;5-4-,8-7-;;2*5-4-. The monoisotopic (exact) mass is 1470 g/mol. The molecule has 12 heteroatoms. The van der Waals surface area contributed by atoms with Crippen molar-refractivity contribution in [2.24, 2.45) is 0 Å². The number of hydrogen-bond acceptors (Lipinski definition) is 5. The van der Waals surface area contributed by atoms with Crippen molar-refractivity contribution in [3.8, 4) is 0 Å². The predicted molar refractivity (Wildman–Crippen MR) is 426 cm³/mol. The number of aldehydes is 1. The van der Waals surface area contributed by atoms with Crippen LogP contribution in [0.25, 0.3) is 0 Å². The molecule has 0 aromatic heterocycles. The molecule has 96 heavy (non-hydrogen) atoms. The third-order valence-corrected chi connectivity index (χ3v) is 28.5. The molecule has 6 aromatic rings. The molecule has 6 rings (SSSR count). The van der Waals surface area contributed by atoms with Gasteiger partial charge in [0.15, 0.2) is 0 Å². The van der Waals surface area contributed by atoms with Gasteiger partial charge in [-0.3, -0.25) is 9.59 Å². The molecule has 4 N–H and O–H groups in total. The third-order valence-electron chi connectivity index (χ3n) is 15.5. The second-order valence-corrected chi connectivity index (χ2v) is 35.6. The summed E-state index contributed by atoms with van der Waals surface area (Å²) in [5, 5.41) is 40.5. The van der Waals surface area contributed by atoms with E-state index in [4.69, 9.17) is 20.4 Å². The smallest absolute Gasteiger partial charge is 0.0134 e. The van der Waals surface area contributed by atoms with Crippen LogP contribution in [0.2, 0.25) is 0 Å². The Morgan fingerprint density at radius 3 is 0.969 bits per heavy atom. The van der Waals surface area contributed by atoms with Crippen LogP contribution in [0.1, 0.15) is 213 Å². The number of unbranched alkanes of at least 4 members (excludes halogenated alkanes) is 18. The van der Waals surface area contributed by atoms with E-state index in [1.54, 1.807) is 0 Å². The first-order valence-electron chi connectivity index (χ1n) is 35.6. The van der Waals surface area contributed by atoms with Gasteiger partial charge >= 0.3 is 207 Å². The largest absolute Gasteiger partial charge is 0.0622 e. The fourth-order valence-electron chi connectivity index (χ4n) is 10.4. The molecule has 0 aliphatic heterocycles. The summed E-state index contributed by atoms with van der Waals surface area (Å²) in [6, 6.07) is 65.1. The van der Waals surface area contributed by atoms with Crippen LogP contribution in [0.3, 0.4) is 0 Å². The molecule has 0 radical (unpaired) electrons. The number of rotatable bonds is 43. The fourth-order valence-corrected chi connectivity index (χ4v) is 20.8. The minimum atomic E-state index is -2.79. The van der Waals surface area contributed by atoms with Gasteiger partial charge in [-0.05, 0) is 88.0 Å². The van der Waals surface area contributed by atoms with Crippen LogP contribution < -0.4 is 31.8 Å². The third kappa shape index (κ3) is 42.7. The van der Waals surface area contributed by atoms with Gasteiger partial charge in [-0.15, -0.1) is 0 Å². The van der Waals surface area contributed by atoms with Crippen LogP contribution in [0.5, 0.6) is 0 Å². The van der Waals surface area contributed by atoms with E-state index in [9.17, 15) is 19.2 Å². The first kappa shape index (κ1) is 88.2. The summed E-state index contributed by atoms with van der Waals surface area (Å²) < 4.78 is 0. The predicted octanol–water partition coefficient (Wildman–Crippen LogP) is 22.0. The number of carbonyl (C=O) groups is 4. The second-order valence-electron chi connectivity index (χ2n) is 23.6. The number of aliphatic hydroxyl groups excluding tert-OH is 1. The van der Waals surface area contributed by atoms with Gasteiger partial charge in [-0.2, -0.15) is 0 Å². The number of carbonyl (C=O) groups excluding carboxylic acids is 1. The molecule has 0 bridgehead atoms. The van der Waals surface area contributed by atoms with E-state index >= 15 is 0 Å². The van der Waals surface area contributed by atoms with E-state index in [2.05, 4.69) is 265 Å². The van der Waals surface area contributed by atoms with E-state index in [-0.39, 0.29) is 13.0 Å². The Bertz CT molecular complexity index is 2710. The van der Waals surface area contributed by atoms with Gasteiger partial charge in [0.1, 0.15) is 6.29 Å². The zero-order valence-corrected chi connectivity index (χ0v) is 63.4. The minimum absolute atomic E-state index is 0.278. The number of benzene rings is 6. The molecule has 0 spiro atoms. The van der Waals surface area contributed by atoms with E-state index < -0.39 is 31.1 Å². The van der Waals surface area contributed by atoms with Gasteiger partial charge in [-0.1, -0.05) is 241 Å². The number of hydrogen-bond donors (Lipinski definition) is 4. The number of aliphatic hydroxyl groups is 1. The van der Waals surface area contributed by atoms with Crippen LogP contribution in [-0.4, -0.2) is 62.7 Å². The molecule has 0 amide bonds. The maximum atomic E-state index is 10.7. The number of carboxylic acids is 3. The van der Waals surface area contributed by atoms with Crippen LogP contribution in [0.4, 0.5) is 0 Å². The van der Waals surface area contributed by atoms with E-state index in [0.717, 1.165) is 127 Å². The molecule has 0 unspecified atom stereocenters. The van der Waals surface area contributed by atoms with Gasteiger partial charge in [0.05, 0.1) is 0 Å². The normalized spacial score (nSPS) is 11.4. The van der Waals surface area contributed by atoms with Crippen molar-refractivity contribution in [3.05, 3.63) is 231 Å². The van der Waals surface area contributed by atoms with Gasteiger partial charge in [-0.25, -0.2) is 0 Å². The summed E-state index contributed by atoms with van der Waals surface area (Å²) in [6.07, 6.45) is 49.1. The van der Waals surface area contributed by atoms with Crippen molar-refractivity contribution >= 4 is 101 Å². The van der Waals surface area contributed by atoms with Crippen LogP contribution in [0, 0.1) is 0 Å². The van der Waals surface area contributed by atoms with E-state index in [1.807, 2.05) is 18.2 Å². The van der Waals surface area contributed by atoms with Crippen molar-refractivity contribution in [2.45, 2.75) is 213 Å². The average Bonchev–Trinajstić information content (AvgIpc) is 0.712. The SMILES string of the molecule is CCC/C=C\C/C=C\CCCCCCCC(=O)O.CCC/C=C\CC=O.CCC/C=C\CCO.O=C(O)CCCCCCCCBr.O=C(O)CCCCCCCCP(Br)(c1ccccc1)(c1ccccc1)c1ccccc1.c1ccc(P(c2ccccc2)c2ccccc2)cc1. The summed E-state index contributed by atoms with van der Waals surface area (Å²) in [5.74, 6) is -2.03. The summed E-state index contributed by atoms with van der Waals surface area (Å²) >= 11 is 7.87. The van der Waals surface area contributed by atoms with Crippen molar-refractivity contribution in [2.75, 3.05) is 18.1 Å². The quantitative estimate of drug-likeness (QED) is 0.00972. The number of aliphatic carboxylic acids is 3. The molecule has 0 aliphatic carbocycles. The Morgan fingerprint density at radius 1 is 0.365 bits per heavy atom. The van der Waals surface area contributed by atoms with Crippen molar-refractivity contribution in [1.82, 2.24) is 0 Å². The topological polar surface area (TPSA) is 149 Å². The fraction of sp³-hybridized carbons (Fsp3) is 0.429. The summed E-state index contributed by atoms with van der Waals surface area (Å²) in [6.45, 7) is 6.73. The van der Waals surface area contributed by atoms with E-state index in [1.165, 1.54) is 89.6 Å². The van der Waals surface area contributed by atoms with Crippen molar-refractivity contribution in [3.63, 3.8) is 0 Å². The van der Waals surface area contributed by atoms with E-state index in [0.29, 0.717) is 19.3 Å². The summed E-state index contributed by atoms with van der Waals surface area (Å²) in [5.41, 5.74) is 0. The number of halogens is 2. The number of carboxylic acid groups (broad SMARTS) is 3. The van der Waals surface area contributed by atoms with Crippen LogP contribution in [-0.2, 0) is 19.2 Å². The molecule has 0 saturated carbocycles. The first-order valence-corrected chi connectivity index (χ1v) is 42.5. The van der Waals surface area contributed by atoms with Gasteiger partial charge in [0.25, 0.3) is 0 Å². The molecular formula is C84H118Br2O8P2. The molecule has 0 atom stereocenters. The maximum absolute atomic E-state index is 10.7. The number of alkyl halides is 1. The summed E-state index contributed by atoms with van der Waals surface area (Å²) in [7, 11) is -0.446. The molecule has 8 nitrogen and oxygen atoms in total. The van der Waals surface area contributed by atoms with Crippen molar-refractivity contribution in [1.29, 1.82) is 0 Å². The second kappa shape index (κ2) is 61.5. The first-order chi connectivity index (χ1) is 46.9. The Labute approximate surface area is 598 Å². The molecule has 6 aromatic carbocycles. The van der Waals surface area contributed by atoms with Crippen LogP contribution in [0.15, 0.2) is 231 Å². The Hall–Kier alpha value is -5.86. The minimum Gasteiger partial charge on any atom is -0.0622 e. The Morgan fingerprint density at radius 2 is 0.646 bits per heavy atom. The van der Waals surface area contributed by atoms with Crippen LogP contribution >= 0.6 is 44.6 Å². The Balaban J connectivity index is 0.000000618. The maximum Gasteiger partial charge on any atom is -0.0134 e. The molecule has 0 saturated heterocycles. The molecule has 0 fully saturated rings. The zero-order chi connectivity index (χ0) is 70.1. The van der Waals surface area contributed by atoms with Crippen molar-refractivity contribution < 1.29 is 39.6 Å². The van der Waals surface area contributed by atoms with Gasteiger partial charge in [0, 0.05) is 31.2 Å². The van der Waals surface area contributed by atoms with Gasteiger partial charge < -0.3 is 20.1 Å². The summed E-state index contributed by atoms with van der Waals surface area (Å²) in [4.78, 5) is 40.8. The molecule has 0 aliphatic rings. The average molecular weight is 1480 g/mol. The molecule has 0 heterocycles.